The van der Waals surface area contributed by atoms with E-state index in [4.69, 9.17) is 9.47 Å². The van der Waals surface area contributed by atoms with Crippen molar-refractivity contribution in [2.24, 2.45) is 0 Å². The Kier molecular flexibility index (Phi) is 4.84. The van der Waals surface area contributed by atoms with Crippen LogP contribution in [0.5, 0.6) is 17.2 Å². The zero-order chi connectivity index (χ0) is 20.7. The Labute approximate surface area is 181 Å². The lowest BCUT2D eigenvalue weighted by atomic mass is 9.97. The number of hydrogen-bond donors (Lipinski definition) is 3. The van der Waals surface area contributed by atoms with E-state index in [1.165, 1.54) is 12.1 Å². The number of quaternary nitrogens is 1. The fraction of sp³-hybridized carbons (Fsp3) is 0.130. The summed E-state index contributed by atoms with van der Waals surface area (Å²) in [5, 5.41) is 16.0. The monoisotopic (exact) mass is 469 g/mol. The summed E-state index contributed by atoms with van der Waals surface area (Å²) in [5.41, 5.74) is 3.37. The summed E-state index contributed by atoms with van der Waals surface area (Å²) >= 11 is 3.48. The first-order valence-electron chi connectivity index (χ1n) is 9.54. The van der Waals surface area contributed by atoms with Crippen LogP contribution in [-0.2, 0) is 0 Å². The van der Waals surface area contributed by atoms with Gasteiger partial charge in [-0.15, -0.1) is 0 Å². The maximum atomic E-state index is 13.9. The maximum absolute atomic E-state index is 13.9. The highest BCUT2D eigenvalue weighted by atomic mass is 79.9. The van der Waals surface area contributed by atoms with E-state index in [0.29, 0.717) is 11.5 Å². The lowest BCUT2D eigenvalue weighted by Gasteiger charge is -2.30. The molecule has 0 saturated heterocycles. The lowest BCUT2D eigenvalue weighted by molar-refractivity contribution is -0.731. The van der Waals surface area contributed by atoms with Crippen LogP contribution in [0.4, 0.5) is 4.39 Å². The zero-order valence-corrected chi connectivity index (χ0v) is 17.4. The van der Waals surface area contributed by atoms with Gasteiger partial charge in [0.15, 0.2) is 17.7 Å². The van der Waals surface area contributed by atoms with E-state index >= 15 is 0 Å². The molecule has 0 saturated carbocycles. The van der Waals surface area contributed by atoms with Crippen LogP contribution in [0.1, 0.15) is 28.9 Å². The first-order chi connectivity index (χ1) is 14.6. The van der Waals surface area contributed by atoms with Crippen LogP contribution in [0.15, 0.2) is 71.2 Å². The SMILES string of the molecule is Oc1ccc(Br)cc1C1C=C(c2ccc3c(c2)OCO3)NC(c2cccc(F)c2)[NH2+]1. The van der Waals surface area contributed by atoms with Crippen molar-refractivity contribution in [2.45, 2.75) is 12.2 Å². The number of fused-ring (bicyclic) bond motifs is 1. The van der Waals surface area contributed by atoms with Gasteiger partial charge in [-0.2, -0.15) is 0 Å². The molecule has 0 amide bonds. The quantitative estimate of drug-likeness (QED) is 0.542. The van der Waals surface area contributed by atoms with E-state index in [2.05, 4.69) is 32.6 Å². The smallest absolute Gasteiger partial charge is 0.231 e. The van der Waals surface area contributed by atoms with Crippen LogP contribution in [-0.4, -0.2) is 11.9 Å². The Morgan fingerprint density at radius 2 is 1.90 bits per heavy atom. The molecule has 0 aromatic heterocycles. The zero-order valence-electron chi connectivity index (χ0n) is 15.8. The number of phenols is 1. The minimum atomic E-state index is -0.288. The molecule has 3 aromatic rings. The molecule has 2 unspecified atom stereocenters. The Bertz CT molecular complexity index is 1150. The Balaban J connectivity index is 1.58. The minimum absolute atomic E-state index is 0.183. The summed E-state index contributed by atoms with van der Waals surface area (Å²) in [7, 11) is 0. The van der Waals surface area contributed by atoms with Gasteiger partial charge in [0.05, 0.1) is 5.56 Å². The molecule has 0 radical (unpaired) electrons. The van der Waals surface area contributed by atoms with Crippen molar-refractivity contribution in [3.8, 4) is 17.2 Å². The third kappa shape index (κ3) is 3.62. The summed E-state index contributed by atoms with van der Waals surface area (Å²) in [6.45, 7) is 0.208. The molecular formula is C23H19BrFN2O3+. The summed E-state index contributed by atoms with van der Waals surface area (Å²) in [6.07, 6.45) is 1.81. The first kappa shape index (κ1) is 19.0. The van der Waals surface area contributed by atoms with Gasteiger partial charge in [0.25, 0.3) is 0 Å². The van der Waals surface area contributed by atoms with E-state index in [0.717, 1.165) is 26.9 Å². The van der Waals surface area contributed by atoms with Crippen molar-refractivity contribution in [1.82, 2.24) is 5.32 Å². The normalized spacial score (nSPS) is 19.9. The molecule has 0 spiro atoms. The van der Waals surface area contributed by atoms with E-state index in [1.54, 1.807) is 18.2 Å². The molecule has 30 heavy (non-hydrogen) atoms. The second-order valence-corrected chi connectivity index (χ2v) is 8.16. The van der Waals surface area contributed by atoms with Gasteiger partial charge in [0.1, 0.15) is 17.6 Å². The van der Waals surface area contributed by atoms with Crippen LogP contribution >= 0.6 is 15.9 Å². The number of phenolic OH excluding ortho intramolecular Hbond substituents is 1. The first-order valence-corrected chi connectivity index (χ1v) is 10.3. The average Bonchev–Trinajstić information content (AvgIpc) is 3.23. The molecule has 2 heterocycles. The van der Waals surface area contributed by atoms with E-state index < -0.39 is 0 Å². The average molecular weight is 470 g/mol. The number of aromatic hydroxyl groups is 1. The van der Waals surface area contributed by atoms with Crippen LogP contribution in [0.25, 0.3) is 5.70 Å². The van der Waals surface area contributed by atoms with Crippen molar-refractivity contribution in [2.75, 3.05) is 6.79 Å². The number of benzene rings is 3. The Morgan fingerprint density at radius 3 is 2.77 bits per heavy atom. The molecule has 2 aliphatic heterocycles. The Morgan fingerprint density at radius 1 is 1.03 bits per heavy atom. The van der Waals surface area contributed by atoms with Crippen molar-refractivity contribution < 1.29 is 24.3 Å². The molecule has 2 aliphatic rings. The van der Waals surface area contributed by atoms with Crippen LogP contribution in [0.3, 0.4) is 0 Å². The van der Waals surface area contributed by atoms with Gasteiger partial charge in [0.2, 0.25) is 6.79 Å². The summed E-state index contributed by atoms with van der Waals surface area (Å²) < 4.78 is 25.7. The van der Waals surface area contributed by atoms with Crippen molar-refractivity contribution in [1.29, 1.82) is 0 Å². The van der Waals surface area contributed by atoms with Crippen molar-refractivity contribution in [3.05, 3.63) is 93.7 Å². The van der Waals surface area contributed by atoms with Crippen molar-refractivity contribution in [3.63, 3.8) is 0 Å². The van der Waals surface area contributed by atoms with Gasteiger partial charge in [-0.25, -0.2) is 4.39 Å². The van der Waals surface area contributed by atoms with Crippen LogP contribution < -0.4 is 20.1 Å². The molecule has 0 fully saturated rings. The fourth-order valence-corrected chi connectivity index (χ4v) is 4.21. The number of nitrogens with one attached hydrogen (secondary N) is 1. The highest BCUT2D eigenvalue weighted by Gasteiger charge is 2.30. The molecular weight excluding hydrogens is 451 g/mol. The summed E-state index contributed by atoms with van der Waals surface area (Å²) in [5.74, 6) is 1.32. The molecule has 7 heteroatoms. The number of hydrogen-bond acceptors (Lipinski definition) is 4. The number of ether oxygens (including phenoxy) is 2. The second-order valence-electron chi connectivity index (χ2n) is 7.25. The van der Waals surface area contributed by atoms with E-state index in [9.17, 15) is 9.50 Å². The van der Waals surface area contributed by atoms with Gasteiger partial charge >= 0.3 is 0 Å². The van der Waals surface area contributed by atoms with Gasteiger partial charge in [-0.1, -0.05) is 28.1 Å². The van der Waals surface area contributed by atoms with Crippen molar-refractivity contribution >= 4 is 21.6 Å². The molecule has 152 valence electrons. The highest BCUT2D eigenvalue weighted by molar-refractivity contribution is 9.10. The molecule has 5 nitrogen and oxygen atoms in total. The third-order valence-electron chi connectivity index (χ3n) is 5.30. The van der Waals surface area contributed by atoms with Crippen LogP contribution in [0.2, 0.25) is 0 Å². The van der Waals surface area contributed by atoms with Gasteiger partial charge in [-0.3, -0.25) is 0 Å². The van der Waals surface area contributed by atoms with Gasteiger partial charge in [0, 0.05) is 27.4 Å². The fourth-order valence-electron chi connectivity index (χ4n) is 3.83. The lowest BCUT2D eigenvalue weighted by Crippen LogP contribution is -2.89. The molecule has 0 aliphatic carbocycles. The largest absolute Gasteiger partial charge is 0.507 e. The predicted octanol–water partition coefficient (Wildman–Crippen LogP) is 3.97. The number of nitrogens with two attached hydrogens (primary N) is 1. The van der Waals surface area contributed by atoms with Gasteiger partial charge in [-0.05, 0) is 48.5 Å². The number of halogens is 2. The second kappa shape index (κ2) is 7.66. The summed E-state index contributed by atoms with van der Waals surface area (Å²) in [6, 6.07) is 17.5. The number of rotatable bonds is 3. The van der Waals surface area contributed by atoms with Gasteiger partial charge < -0.3 is 25.2 Å². The van der Waals surface area contributed by atoms with Crippen LogP contribution in [0, 0.1) is 5.82 Å². The van der Waals surface area contributed by atoms with E-state index in [1.807, 2.05) is 30.3 Å². The minimum Gasteiger partial charge on any atom is -0.507 e. The molecule has 0 bridgehead atoms. The maximum Gasteiger partial charge on any atom is 0.231 e. The third-order valence-corrected chi connectivity index (χ3v) is 5.79. The predicted molar refractivity (Wildman–Crippen MR) is 113 cm³/mol. The molecule has 2 atom stereocenters. The highest BCUT2D eigenvalue weighted by Crippen LogP contribution is 2.36. The molecule has 4 N–H and O–H groups in total. The topological polar surface area (TPSA) is 67.3 Å². The molecule has 3 aromatic carbocycles. The summed E-state index contributed by atoms with van der Waals surface area (Å²) in [4.78, 5) is 0. The standard InChI is InChI=1S/C23H18BrFN2O3/c24-15-5-6-20(28)17(10-15)19-11-18(13-4-7-21-22(9-13)30-12-29-21)26-23(27-19)14-2-1-3-16(25)8-14/h1-11,19,23,26-28H,12H2/p+1. The van der Waals surface area contributed by atoms with E-state index in [-0.39, 0.29) is 30.6 Å². The molecule has 5 rings (SSSR count). The Hall–Kier alpha value is -3.03.